The average molecular weight is 459 g/mol. The summed E-state index contributed by atoms with van der Waals surface area (Å²) in [5.41, 5.74) is 5.41. The van der Waals surface area contributed by atoms with Gasteiger partial charge in [-0.3, -0.25) is 9.32 Å². The number of nitrogens with one attached hydrogen (secondary N) is 1. The van der Waals surface area contributed by atoms with Gasteiger partial charge in [-0.2, -0.15) is 5.10 Å². The van der Waals surface area contributed by atoms with Crippen LogP contribution in [0.1, 0.15) is 19.5 Å². The number of rotatable bonds is 8. The molecule has 172 valence electrons. The zero-order valence-electron chi connectivity index (χ0n) is 17.5. The van der Waals surface area contributed by atoms with Crippen LogP contribution in [0.4, 0.5) is 5.82 Å². The van der Waals surface area contributed by atoms with Crippen LogP contribution in [0.5, 0.6) is 0 Å². The molecule has 0 bridgehead atoms. The zero-order chi connectivity index (χ0) is 23.0. The molecule has 0 saturated carbocycles. The van der Waals surface area contributed by atoms with Gasteiger partial charge in [0.15, 0.2) is 5.82 Å². The van der Waals surface area contributed by atoms with E-state index in [2.05, 4.69) is 19.9 Å². The quantitative estimate of drug-likeness (QED) is 0.296. The zero-order valence-corrected chi connectivity index (χ0v) is 18.4. The third-order valence-electron chi connectivity index (χ3n) is 5.21. The maximum absolute atomic E-state index is 12.8. The highest BCUT2D eigenvalue weighted by atomic mass is 31.2. The molecule has 0 amide bonds. The fourth-order valence-corrected chi connectivity index (χ4v) is 4.65. The molecule has 0 aliphatic carbocycles. The first-order valence-electron chi connectivity index (χ1n) is 9.35. The van der Waals surface area contributed by atoms with Crippen LogP contribution in [0, 0.1) is 0 Å². The van der Waals surface area contributed by atoms with Gasteiger partial charge in [-0.15, -0.1) is 0 Å². The number of hydrogen-bond acceptors (Lipinski definition) is 11. The van der Waals surface area contributed by atoms with Crippen molar-refractivity contribution in [2.75, 3.05) is 26.6 Å². The van der Waals surface area contributed by atoms with Gasteiger partial charge in [0.05, 0.1) is 19.4 Å². The first-order chi connectivity index (χ1) is 14.6. The van der Waals surface area contributed by atoms with Crippen molar-refractivity contribution >= 4 is 25.1 Å². The molecule has 0 radical (unpaired) electrons. The summed E-state index contributed by atoms with van der Waals surface area (Å²) < 4.78 is 35.0. The van der Waals surface area contributed by atoms with Crippen molar-refractivity contribution in [3.63, 3.8) is 0 Å². The van der Waals surface area contributed by atoms with Gasteiger partial charge in [0.2, 0.25) is 0 Å². The Morgan fingerprint density at radius 1 is 1.45 bits per heavy atom. The number of hydrogen-bond donors (Lipinski definition) is 4. The highest BCUT2D eigenvalue weighted by Gasteiger charge is 2.54. The minimum absolute atomic E-state index is 0.240. The van der Waals surface area contributed by atoms with Crippen LogP contribution in [-0.4, -0.2) is 76.0 Å². The van der Waals surface area contributed by atoms with E-state index >= 15 is 0 Å². The third kappa shape index (κ3) is 4.30. The number of nitrogens with two attached hydrogens (primary N) is 1. The summed E-state index contributed by atoms with van der Waals surface area (Å²) >= 11 is 0. The maximum atomic E-state index is 12.8. The number of fused-ring (bicyclic) bond motifs is 1. The molecule has 2 unspecified atom stereocenters. The molecule has 1 saturated heterocycles. The lowest BCUT2D eigenvalue weighted by molar-refractivity contribution is -0.142. The maximum Gasteiger partial charge on any atom is 0.406 e. The number of aromatic nitrogens is 3. The number of anilines is 1. The van der Waals surface area contributed by atoms with Crippen LogP contribution in [-0.2, 0) is 33.5 Å². The number of aliphatic hydroxyl groups is 2. The summed E-state index contributed by atoms with van der Waals surface area (Å²) in [7, 11) is -1.61. The smallest absolute Gasteiger partial charge is 0.406 e. The van der Waals surface area contributed by atoms with E-state index < -0.39 is 50.3 Å². The molecule has 1 fully saturated rings. The summed E-state index contributed by atoms with van der Waals surface area (Å²) in [6.07, 6.45) is -2.54. The highest BCUT2D eigenvalue weighted by molar-refractivity contribution is 7.51. The first kappa shape index (κ1) is 23.5. The van der Waals surface area contributed by atoms with Gasteiger partial charge in [-0.25, -0.2) is 19.2 Å². The Kier molecular flexibility index (Phi) is 6.67. The molecular formula is C17H26N5O8P. The average Bonchev–Trinajstić information content (AvgIpc) is 3.29. The van der Waals surface area contributed by atoms with Crippen molar-refractivity contribution in [1.29, 1.82) is 0 Å². The van der Waals surface area contributed by atoms with E-state index in [-0.39, 0.29) is 5.82 Å². The Hall–Kier alpha value is -2.12. The van der Waals surface area contributed by atoms with Gasteiger partial charge in [0, 0.05) is 7.11 Å². The van der Waals surface area contributed by atoms with Crippen LogP contribution in [0.3, 0.4) is 0 Å². The normalized spacial score (nSPS) is 29.0. The predicted octanol–water partition coefficient (Wildman–Crippen LogP) is -0.430. The fourth-order valence-electron chi connectivity index (χ4n) is 3.44. The molecule has 5 N–H and O–H groups in total. The number of nitrogen functional groups attached to an aromatic ring is 1. The molecule has 1 aliphatic heterocycles. The van der Waals surface area contributed by atoms with Crippen LogP contribution in [0.2, 0.25) is 0 Å². The summed E-state index contributed by atoms with van der Waals surface area (Å²) in [6.45, 7) is 2.60. The molecule has 3 heterocycles. The van der Waals surface area contributed by atoms with Crippen molar-refractivity contribution in [3.8, 4) is 0 Å². The van der Waals surface area contributed by atoms with Crippen molar-refractivity contribution < 1.29 is 38.1 Å². The SMILES string of the molecule is COC(=O)C(C)NP(=O)(OC)OC[C@H]1O[C@@](C)(c2ccc3c(N)ncnn23)[C@H](O)[C@@H]1O. The van der Waals surface area contributed by atoms with E-state index in [0.29, 0.717) is 11.2 Å². The molecule has 0 spiro atoms. The highest BCUT2D eigenvalue weighted by Crippen LogP contribution is 2.46. The first-order valence-corrected chi connectivity index (χ1v) is 10.9. The third-order valence-corrected chi connectivity index (χ3v) is 6.88. The Balaban J connectivity index is 1.78. The number of methoxy groups -OCH3 is 1. The summed E-state index contributed by atoms with van der Waals surface area (Å²) in [5.74, 6) is -0.424. The Labute approximate surface area is 178 Å². The topological polar surface area (TPSA) is 180 Å². The number of esters is 1. The van der Waals surface area contributed by atoms with Crippen molar-refractivity contribution in [1.82, 2.24) is 19.7 Å². The van der Waals surface area contributed by atoms with E-state index in [1.54, 1.807) is 19.1 Å². The van der Waals surface area contributed by atoms with Gasteiger partial charge < -0.3 is 29.9 Å². The van der Waals surface area contributed by atoms with E-state index in [9.17, 15) is 19.6 Å². The van der Waals surface area contributed by atoms with E-state index in [4.69, 9.17) is 19.5 Å². The van der Waals surface area contributed by atoms with Gasteiger partial charge in [0.1, 0.15) is 41.8 Å². The lowest BCUT2D eigenvalue weighted by atomic mass is 9.93. The van der Waals surface area contributed by atoms with Crippen LogP contribution < -0.4 is 10.8 Å². The van der Waals surface area contributed by atoms with Crippen molar-refractivity contribution in [3.05, 3.63) is 24.2 Å². The monoisotopic (exact) mass is 459 g/mol. The molecule has 6 atom stereocenters. The van der Waals surface area contributed by atoms with Crippen LogP contribution in [0.25, 0.3) is 5.52 Å². The summed E-state index contributed by atoms with van der Waals surface area (Å²) in [4.78, 5) is 15.5. The molecule has 2 aromatic heterocycles. The van der Waals surface area contributed by atoms with E-state index in [0.717, 1.165) is 7.11 Å². The molecule has 0 aromatic carbocycles. The largest absolute Gasteiger partial charge is 0.468 e. The fraction of sp³-hybridized carbons (Fsp3) is 0.588. The van der Waals surface area contributed by atoms with Crippen molar-refractivity contribution in [2.24, 2.45) is 0 Å². The molecule has 2 aromatic rings. The lowest BCUT2D eigenvalue weighted by Crippen LogP contribution is -2.39. The second kappa shape index (κ2) is 8.79. The number of nitrogens with zero attached hydrogens (tertiary/aromatic N) is 3. The predicted molar refractivity (Wildman–Crippen MR) is 107 cm³/mol. The Bertz CT molecular complexity index is 1000. The second-order valence-electron chi connectivity index (χ2n) is 7.21. The summed E-state index contributed by atoms with van der Waals surface area (Å²) in [5, 5.41) is 27.8. The molecule has 13 nitrogen and oxygen atoms in total. The Morgan fingerprint density at radius 2 is 2.16 bits per heavy atom. The van der Waals surface area contributed by atoms with Crippen LogP contribution in [0.15, 0.2) is 18.5 Å². The minimum atomic E-state index is -3.94. The lowest BCUT2D eigenvalue weighted by Gasteiger charge is -2.27. The number of aliphatic hydroxyl groups excluding tert-OH is 2. The molecular weight excluding hydrogens is 433 g/mol. The van der Waals surface area contributed by atoms with E-state index in [1.165, 1.54) is 24.9 Å². The standard InChI is InChI=1S/C17H26N5O8P/c1-9(16(25)27-3)21-31(26,28-4)29-7-11-13(23)14(24)17(2,30-11)12-6-5-10-15(18)19-8-20-22(10)12/h5-6,8-9,11,13-14,23-24H,7H2,1-4H3,(H,21,26)(H2,18,19,20)/t9?,11-,13-,14-,17+,31?/m1/s1. The Morgan fingerprint density at radius 3 is 2.81 bits per heavy atom. The number of ether oxygens (including phenoxy) is 2. The van der Waals surface area contributed by atoms with Crippen molar-refractivity contribution in [2.45, 2.75) is 43.8 Å². The number of carbonyl (C=O) groups excluding carboxylic acids is 1. The summed E-state index contributed by atoms with van der Waals surface area (Å²) in [6, 6.07) is 2.34. The van der Waals surface area contributed by atoms with Gasteiger partial charge >= 0.3 is 13.7 Å². The van der Waals surface area contributed by atoms with Gasteiger partial charge in [-0.1, -0.05) is 0 Å². The van der Waals surface area contributed by atoms with E-state index in [1.807, 2.05) is 0 Å². The second-order valence-corrected chi connectivity index (χ2v) is 9.09. The number of carbonyl (C=O) groups is 1. The van der Waals surface area contributed by atoms with Gasteiger partial charge in [0.25, 0.3) is 0 Å². The molecule has 14 heteroatoms. The molecule has 3 rings (SSSR count). The molecule has 31 heavy (non-hydrogen) atoms. The van der Waals surface area contributed by atoms with Crippen LogP contribution >= 0.6 is 7.75 Å². The van der Waals surface area contributed by atoms with Gasteiger partial charge in [-0.05, 0) is 26.0 Å². The minimum Gasteiger partial charge on any atom is -0.468 e. The molecule has 1 aliphatic rings.